The number of ether oxygens (including phenoxy) is 1. The zero-order valence-electron chi connectivity index (χ0n) is 10.7. The summed E-state index contributed by atoms with van der Waals surface area (Å²) in [4.78, 5) is 24.1. The lowest BCUT2D eigenvalue weighted by Gasteiger charge is -2.22. The first-order chi connectivity index (χ1) is 9.19. The smallest absolute Gasteiger partial charge is 0.320 e. The summed E-state index contributed by atoms with van der Waals surface area (Å²) in [5.74, 6) is 1.88. The fourth-order valence-electron chi connectivity index (χ4n) is 2.44. The van der Waals surface area contributed by atoms with Crippen LogP contribution < -0.4 is 0 Å². The number of rotatable bonds is 4. The van der Waals surface area contributed by atoms with Crippen molar-refractivity contribution >= 4 is 11.8 Å². The van der Waals surface area contributed by atoms with Gasteiger partial charge in [0.1, 0.15) is 12.0 Å². The summed E-state index contributed by atoms with van der Waals surface area (Å²) >= 11 is 0. The van der Waals surface area contributed by atoms with Crippen molar-refractivity contribution in [1.82, 2.24) is 0 Å². The molecule has 0 spiro atoms. The molecule has 0 amide bonds. The van der Waals surface area contributed by atoms with Crippen molar-refractivity contribution in [3.8, 4) is 12.3 Å². The highest BCUT2D eigenvalue weighted by Crippen LogP contribution is 2.39. The van der Waals surface area contributed by atoms with E-state index in [0.717, 1.165) is 5.56 Å². The third kappa shape index (κ3) is 2.68. The number of ketones is 1. The molecule has 0 aliphatic heterocycles. The van der Waals surface area contributed by atoms with Gasteiger partial charge < -0.3 is 4.74 Å². The minimum atomic E-state index is -1.09. The van der Waals surface area contributed by atoms with E-state index in [4.69, 9.17) is 11.2 Å². The van der Waals surface area contributed by atoms with E-state index >= 15 is 0 Å². The van der Waals surface area contributed by atoms with E-state index in [1.807, 2.05) is 30.3 Å². The molecule has 0 N–H and O–H groups in total. The first-order valence-electron chi connectivity index (χ1n) is 6.37. The van der Waals surface area contributed by atoms with Crippen LogP contribution in [0.2, 0.25) is 0 Å². The van der Waals surface area contributed by atoms with Gasteiger partial charge in [0.2, 0.25) is 0 Å². The summed E-state index contributed by atoms with van der Waals surface area (Å²) in [5, 5.41) is 0. The molecule has 0 radical (unpaired) electrons. The standard InChI is InChI=1S/C16H16O3/c1-2-10-16(11-6-9-14(16)17)15(18)19-12-13-7-4-3-5-8-13/h1,3-5,7-8H,6,9-12H2. The fraction of sp³-hybridized carbons (Fsp3) is 0.375. The highest BCUT2D eigenvalue weighted by atomic mass is 16.5. The zero-order chi connectivity index (χ0) is 13.7. The second-order valence-corrected chi connectivity index (χ2v) is 4.80. The van der Waals surface area contributed by atoms with Gasteiger partial charge in [-0.3, -0.25) is 9.59 Å². The van der Waals surface area contributed by atoms with Crippen LogP contribution in [0, 0.1) is 17.8 Å². The summed E-state index contributed by atoms with van der Waals surface area (Å²) in [6.45, 7) is 0.180. The van der Waals surface area contributed by atoms with Gasteiger partial charge in [0.15, 0.2) is 5.78 Å². The van der Waals surface area contributed by atoms with E-state index in [-0.39, 0.29) is 18.8 Å². The van der Waals surface area contributed by atoms with Crippen molar-refractivity contribution in [2.24, 2.45) is 5.41 Å². The van der Waals surface area contributed by atoms with Crippen molar-refractivity contribution < 1.29 is 14.3 Å². The van der Waals surface area contributed by atoms with Gasteiger partial charge >= 0.3 is 5.97 Å². The number of carbonyl (C=O) groups is 2. The average Bonchev–Trinajstić information content (AvgIpc) is 2.80. The maximum absolute atomic E-state index is 12.2. The van der Waals surface area contributed by atoms with E-state index in [1.54, 1.807) is 0 Å². The van der Waals surface area contributed by atoms with Crippen LogP contribution in [-0.4, -0.2) is 11.8 Å². The molecule has 1 aliphatic rings. The maximum Gasteiger partial charge on any atom is 0.320 e. The molecule has 0 aromatic heterocycles. The zero-order valence-corrected chi connectivity index (χ0v) is 10.7. The van der Waals surface area contributed by atoms with E-state index < -0.39 is 11.4 Å². The quantitative estimate of drug-likeness (QED) is 0.472. The van der Waals surface area contributed by atoms with Crippen LogP contribution in [0.5, 0.6) is 0 Å². The Morgan fingerprint density at radius 3 is 2.68 bits per heavy atom. The summed E-state index contributed by atoms with van der Waals surface area (Å²) in [5.41, 5.74) is -0.194. The minimum absolute atomic E-state index is 0.0801. The minimum Gasteiger partial charge on any atom is -0.460 e. The first kappa shape index (κ1) is 13.4. The van der Waals surface area contributed by atoms with E-state index in [9.17, 15) is 9.59 Å². The molecule has 2 rings (SSSR count). The van der Waals surface area contributed by atoms with Crippen molar-refractivity contribution in [2.75, 3.05) is 0 Å². The molecule has 1 aromatic rings. The van der Waals surface area contributed by atoms with E-state index in [2.05, 4.69) is 5.92 Å². The second-order valence-electron chi connectivity index (χ2n) is 4.80. The van der Waals surface area contributed by atoms with Crippen LogP contribution in [0.3, 0.4) is 0 Å². The SMILES string of the molecule is C#CCC1(C(=O)OCc2ccccc2)CCCC1=O. The van der Waals surface area contributed by atoms with Gasteiger partial charge in [-0.1, -0.05) is 30.3 Å². The van der Waals surface area contributed by atoms with Crippen LogP contribution in [0.1, 0.15) is 31.2 Å². The number of hydrogen-bond donors (Lipinski definition) is 0. The normalized spacial score (nSPS) is 21.9. The van der Waals surface area contributed by atoms with Gasteiger partial charge in [-0.25, -0.2) is 0 Å². The Morgan fingerprint density at radius 2 is 2.11 bits per heavy atom. The Bertz CT molecular complexity index is 513. The number of Topliss-reactive ketones (excluding diaryl/α,β-unsaturated/α-hetero) is 1. The van der Waals surface area contributed by atoms with Gasteiger partial charge in [0.05, 0.1) is 0 Å². The summed E-state index contributed by atoms with van der Waals surface area (Å²) in [7, 11) is 0. The molecular formula is C16H16O3. The van der Waals surface area contributed by atoms with Crippen molar-refractivity contribution in [3.05, 3.63) is 35.9 Å². The molecule has 1 saturated carbocycles. The highest BCUT2D eigenvalue weighted by molar-refractivity contribution is 6.05. The van der Waals surface area contributed by atoms with Gasteiger partial charge in [-0.05, 0) is 18.4 Å². The molecule has 1 fully saturated rings. The number of benzene rings is 1. The van der Waals surface area contributed by atoms with Crippen molar-refractivity contribution in [3.63, 3.8) is 0 Å². The largest absolute Gasteiger partial charge is 0.460 e. The first-order valence-corrected chi connectivity index (χ1v) is 6.37. The van der Waals surface area contributed by atoms with Gasteiger partial charge in [-0.2, -0.15) is 0 Å². The van der Waals surface area contributed by atoms with Gasteiger partial charge in [0, 0.05) is 12.8 Å². The molecule has 3 nitrogen and oxygen atoms in total. The number of terminal acetylenes is 1. The van der Waals surface area contributed by atoms with Crippen LogP contribution in [-0.2, 0) is 20.9 Å². The molecule has 1 aromatic carbocycles. The van der Waals surface area contributed by atoms with Crippen LogP contribution in [0.4, 0.5) is 0 Å². The lowest BCUT2D eigenvalue weighted by molar-refractivity contribution is -0.160. The molecular weight excluding hydrogens is 240 g/mol. The maximum atomic E-state index is 12.2. The third-order valence-corrected chi connectivity index (χ3v) is 3.55. The Hall–Kier alpha value is -2.08. The molecule has 1 aliphatic carbocycles. The molecule has 1 unspecified atom stereocenters. The monoisotopic (exact) mass is 256 g/mol. The molecule has 0 saturated heterocycles. The topological polar surface area (TPSA) is 43.4 Å². The van der Waals surface area contributed by atoms with E-state index in [1.165, 1.54) is 0 Å². The molecule has 0 bridgehead atoms. The van der Waals surface area contributed by atoms with E-state index in [0.29, 0.717) is 19.3 Å². The number of esters is 1. The predicted octanol–water partition coefficient (Wildman–Crippen LogP) is 2.49. The molecule has 3 heteroatoms. The summed E-state index contributed by atoms with van der Waals surface area (Å²) < 4.78 is 5.28. The number of carbonyl (C=O) groups excluding carboxylic acids is 2. The van der Waals surface area contributed by atoms with Crippen molar-refractivity contribution in [1.29, 1.82) is 0 Å². The van der Waals surface area contributed by atoms with Crippen LogP contribution >= 0.6 is 0 Å². The average molecular weight is 256 g/mol. The molecule has 1 atom stereocenters. The molecule has 98 valence electrons. The Labute approximate surface area is 113 Å². The Morgan fingerprint density at radius 1 is 1.37 bits per heavy atom. The highest BCUT2D eigenvalue weighted by Gasteiger charge is 2.49. The molecule has 19 heavy (non-hydrogen) atoms. The fourth-order valence-corrected chi connectivity index (χ4v) is 2.44. The third-order valence-electron chi connectivity index (χ3n) is 3.55. The number of hydrogen-bond acceptors (Lipinski definition) is 3. The second kappa shape index (κ2) is 5.71. The summed E-state index contributed by atoms with van der Waals surface area (Å²) in [6, 6.07) is 9.39. The molecule has 0 heterocycles. The Balaban J connectivity index is 2.05. The van der Waals surface area contributed by atoms with Crippen LogP contribution in [0.15, 0.2) is 30.3 Å². The summed E-state index contributed by atoms with van der Waals surface area (Å²) in [6.07, 6.45) is 7.06. The lowest BCUT2D eigenvalue weighted by atomic mass is 9.82. The van der Waals surface area contributed by atoms with Crippen LogP contribution in [0.25, 0.3) is 0 Å². The van der Waals surface area contributed by atoms with Crippen molar-refractivity contribution in [2.45, 2.75) is 32.3 Å². The van der Waals surface area contributed by atoms with Gasteiger partial charge in [-0.15, -0.1) is 12.3 Å². The predicted molar refractivity (Wildman–Crippen MR) is 71.0 cm³/mol. The lowest BCUT2D eigenvalue weighted by Crippen LogP contribution is -2.36. The van der Waals surface area contributed by atoms with Gasteiger partial charge in [0.25, 0.3) is 0 Å². The Kier molecular flexibility index (Phi) is 4.01.